The van der Waals surface area contributed by atoms with Crippen molar-refractivity contribution in [3.05, 3.63) is 0 Å². The lowest BCUT2D eigenvalue weighted by atomic mass is 9.92. The number of hydrogen-bond acceptors (Lipinski definition) is 4. The van der Waals surface area contributed by atoms with Crippen LogP contribution in [0.2, 0.25) is 0 Å². The maximum Gasteiger partial charge on any atom is 0.152 e. The van der Waals surface area contributed by atoms with E-state index in [2.05, 4.69) is 31.0 Å². The fourth-order valence-electron chi connectivity index (χ4n) is 3.38. The summed E-state index contributed by atoms with van der Waals surface area (Å²) in [5, 5.41) is 3.57. The molecule has 2 rings (SSSR count). The smallest absolute Gasteiger partial charge is 0.152 e. The Morgan fingerprint density at radius 2 is 2.06 bits per heavy atom. The Labute approximate surface area is 111 Å². The van der Waals surface area contributed by atoms with Crippen molar-refractivity contribution in [1.29, 1.82) is 0 Å². The molecule has 2 aliphatic heterocycles. The molecule has 18 heavy (non-hydrogen) atoms. The number of rotatable bonds is 3. The van der Waals surface area contributed by atoms with Crippen LogP contribution < -0.4 is 5.32 Å². The normalized spacial score (nSPS) is 41.1. The number of piperazine rings is 1. The van der Waals surface area contributed by atoms with Gasteiger partial charge in [0.2, 0.25) is 0 Å². The highest BCUT2D eigenvalue weighted by atomic mass is 32.2. The zero-order valence-electron chi connectivity index (χ0n) is 11.8. The maximum atomic E-state index is 11.8. The first-order chi connectivity index (χ1) is 8.40. The van der Waals surface area contributed by atoms with Crippen molar-refractivity contribution in [3.63, 3.8) is 0 Å². The van der Waals surface area contributed by atoms with E-state index in [1.54, 1.807) is 0 Å². The molecule has 5 heteroatoms. The molecule has 0 aromatic carbocycles. The zero-order chi connectivity index (χ0) is 13.4. The van der Waals surface area contributed by atoms with Crippen LogP contribution in [-0.2, 0) is 9.84 Å². The highest BCUT2D eigenvalue weighted by Crippen LogP contribution is 2.33. The van der Waals surface area contributed by atoms with E-state index in [9.17, 15) is 8.42 Å². The third kappa shape index (κ3) is 2.73. The van der Waals surface area contributed by atoms with E-state index in [4.69, 9.17) is 0 Å². The lowest BCUT2D eigenvalue weighted by Gasteiger charge is -2.48. The van der Waals surface area contributed by atoms with Crippen LogP contribution in [-0.4, -0.2) is 55.5 Å². The summed E-state index contributed by atoms with van der Waals surface area (Å²) in [5.74, 6) is 0.702. The van der Waals surface area contributed by atoms with Gasteiger partial charge in [-0.25, -0.2) is 8.42 Å². The lowest BCUT2D eigenvalue weighted by molar-refractivity contribution is 0.0321. The van der Waals surface area contributed by atoms with Crippen LogP contribution >= 0.6 is 0 Å². The second-order valence-corrected chi connectivity index (χ2v) is 8.25. The minimum absolute atomic E-state index is 0.144. The summed E-state index contributed by atoms with van der Waals surface area (Å²) in [7, 11) is -2.82. The molecule has 0 radical (unpaired) electrons. The maximum absolute atomic E-state index is 11.8. The summed E-state index contributed by atoms with van der Waals surface area (Å²) in [5.41, 5.74) is -0.144. The predicted molar refractivity (Wildman–Crippen MR) is 74.5 cm³/mol. The van der Waals surface area contributed by atoms with Crippen LogP contribution in [0.4, 0.5) is 0 Å². The van der Waals surface area contributed by atoms with Crippen LogP contribution in [0.15, 0.2) is 0 Å². The monoisotopic (exact) mass is 274 g/mol. The Bertz CT molecular complexity index is 396. The van der Waals surface area contributed by atoms with Crippen molar-refractivity contribution in [2.45, 2.75) is 57.7 Å². The van der Waals surface area contributed by atoms with Crippen LogP contribution in [0, 0.1) is 0 Å². The average molecular weight is 274 g/mol. The lowest BCUT2D eigenvalue weighted by Crippen LogP contribution is -2.63. The molecule has 106 valence electrons. The molecule has 0 bridgehead atoms. The van der Waals surface area contributed by atoms with Gasteiger partial charge < -0.3 is 5.32 Å². The van der Waals surface area contributed by atoms with Gasteiger partial charge in [0.05, 0.1) is 11.5 Å². The molecule has 3 atom stereocenters. The van der Waals surface area contributed by atoms with Crippen molar-refractivity contribution in [2.75, 3.05) is 24.6 Å². The number of sulfone groups is 1. The fraction of sp³-hybridized carbons (Fsp3) is 1.00. The summed E-state index contributed by atoms with van der Waals surface area (Å²) in [6.45, 7) is 8.50. The van der Waals surface area contributed by atoms with Crippen LogP contribution in [0.5, 0.6) is 0 Å². The first-order valence-electron chi connectivity index (χ1n) is 7.11. The molecule has 1 N–H and O–H groups in total. The van der Waals surface area contributed by atoms with Crippen LogP contribution in [0.1, 0.15) is 40.0 Å². The van der Waals surface area contributed by atoms with Gasteiger partial charge in [0.1, 0.15) is 0 Å². The molecule has 3 unspecified atom stereocenters. The quantitative estimate of drug-likeness (QED) is 0.835. The molecular formula is C13H26N2O2S. The van der Waals surface area contributed by atoms with Gasteiger partial charge in [0.15, 0.2) is 9.84 Å². The van der Waals surface area contributed by atoms with Gasteiger partial charge in [-0.1, -0.05) is 13.8 Å². The Morgan fingerprint density at radius 1 is 1.33 bits per heavy atom. The molecule has 0 saturated carbocycles. The predicted octanol–water partition coefficient (Wildman–Crippen LogP) is 1.03. The van der Waals surface area contributed by atoms with Gasteiger partial charge >= 0.3 is 0 Å². The highest BCUT2D eigenvalue weighted by molar-refractivity contribution is 7.91. The summed E-state index contributed by atoms with van der Waals surface area (Å²) in [6.07, 6.45) is 2.98. The van der Waals surface area contributed by atoms with E-state index in [-0.39, 0.29) is 5.54 Å². The van der Waals surface area contributed by atoms with E-state index in [1.165, 1.54) is 0 Å². The van der Waals surface area contributed by atoms with E-state index in [0.29, 0.717) is 23.6 Å². The summed E-state index contributed by atoms with van der Waals surface area (Å²) in [4.78, 5) is 2.47. The Hall–Kier alpha value is -0.130. The van der Waals surface area contributed by atoms with E-state index < -0.39 is 9.84 Å². The highest BCUT2D eigenvalue weighted by Gasteiger charge is 2.46. The molecule has 0 amide bonds. The molecular weight excluding hydrogens is 248 g/mol. The first-order valence-corrected chi connectivity index (χ1v) is 8.93. The molecule has 2 aliphatic rings. The second kappa shape index (κ2) is 5.10. The third-order valence-electron chi connectivity index (χ3n) is 4.64. The molecule has 2 fully saturated rings. The Morgan fingerprint density at radius 3 is 2.56 bits per heavy atom. The van der Waals surface area contributed by atoms with E-state index >= 15 is 0 Å². The number of nitrogens with zero attached hydrogens (tertiary/aromatic N) is 1. The summed E-state index contributed by atoms with van der Waals surface area (Å²) < 4.78 is 23.6. The largest absolute Gasteiger partial charge is 0.311 e. The Balaban J connectivity index is 2.17. The van der Waals surface area contributed by atoms with Crippen molar-refractivity contribution < 1.29 is 8.42 Å². The third-order valence-corrected chi connectivity index (χ3v) is 6.53. The second-order valence-electron chi connectivity index (χ2n) is 6.07. The molecule has 0 aromatic rings. The zero-order valence-corrected chi connectivity index (χ0v) is 12.6. The number of hydrogen-bond donors (Lipinski definition) is 1. The molecule has 0 spiro atoms. The van der Waals surface area contributed by atoms with Crippen molar-refractivity contribution in [3.8, 4) is 0 Å². The van der Waals surface area contributed by atoms with Gasteiger partial charge in [-0.2, -0.15) is 0 Å². The van der Waals surface area contributed by atoms with Gasteiger partial charge in [-0.3, -0.25) is 4.90 Å². The van der Waals surface area contributed by atoms with Crippen molar-refractivity contribution in [2.24, 2.45) is 0 Å². The minimum Gasteiger partial charge on any atom is -0.311 e. The van der Waals surface area contributed by atoms with E-state index in [0.717, 1.165) is 32.4 Å². The van der Waals surface area contributed by atoms with Crippen molar-refractivity contribution in [1.82, 2.24) is 10.2 Å². The minimum atomic E-state index is -2.82. The average Bonchev–Trinajstić information content (AvgIpc) is 2.64. The Kier molecular flexibility index (Phi) is 4.04. The molecule has 0 aliphatic carbocycles. The standard InChI is InChI=1S/C13H26N2O2S/c1-4-11-9-15(12(5-2)8-14-11)13(3)6-7-18(16,17)10-13/h11-12,14H,4-10H2,1-3H3. The summed E-state index contributed by atoms with van der Waals surface area (Å²) >= 11 is 0. The van der Waals surface area contributed by atoms with Gasteiger partial charge in [-0.05, 0) is 26.2 Å². The van der Waals surface area contributed by atoms with Crippen LogP contribution in [0.3, 0.4) is 0 Å². The topological polar surface area (TPSA) is 49.4 Å². The van der Waals surface area contributed by atoms with Gasteiger partial charge in [0.25, 0.3) is 0 Å². The van der Waals surface area contributed by atoms with Crippen LogP contribution in [0.25, 0.3) is 0 Å². The molecule has 4 nitrogen and oxygen atoms in total. The number of nitrogens with one attached hydrogen (secondary N) is 1. The molecule has 2 saturated heterocycles. The molecule has 2 heterocycles. The van der Waals surface area contributed by atoms with E-state index in [1.807, 2.05) is 0 Å². The van der Waals surface area contributed by atoms with Crippen molar-refractivity contribution >= 4 is 9.84 Å². The fourth-order valence-corrected chi connectivity index (χ4v) is 5.54. The SMILES string of the molecule is CCC1CN(C2(C)CCS(=O)(=O)C2)C(CC)CN1. The van der Waals surface area contributed by atoms with Gasteiger partial charge in [0, 0.05) is 30.7 Å². The summed E-state index contributed by atoms with van der Waals surface area (Å²) in [6, 6.07) is 0.985. The first kappa shape index (κ1) is 14.3. The molecule has 0 aromatic heterocycles. The van der Waals surface area contributed by atoms with Gasteiger partial charge in [-0.15, -0.1) is 0 Å².